The van der Waals surface area contributed by atoms with E-state index in [1.807, 2.05) is 28.8 Å². The number of ether oxygens (including phenoxy) is 1. The number of likely N-dealkylation sites (tertiary alicyclic amines) is 1. The number of hydrogen-bond donors (Lipinski definition) is 1. The molecule has 1 N–H and O–H groups in total. The second kappa shape index (κ2) is 14.3. The summed E-state index contributed by atoms with van der Waals surface area (Å²) in [5, 5.41) is 4.93. The van der Waals surface area contributed by atoms with Crippen molar-refractivity contribution in [1.29, 1.82) is 0 Å². The van der Waals surface area contributed by atoms with E-state index in [9.17, 15) is 8.78 Å². The molecule has 1 unspecified atom stereocenters. The molecule has 49 heavy (non-hydrogen) atoms. The van der Waals surface area contributed by atoms with Gasteiger partial charge in [-0.3, -0.25) is 4.57 Å². The van der Waals surface area contributed by atoms with Crippen LogP contribution < -0.4 is 10.1 Å². The van der Waals surface area contributed by atoms with Crippen LogP contribution in [0.2, 0.25) is 10.0 Å². The van der Waals surface area contributed by atoms with Gasteiger partial charge < -0.3 is 14.5 Å². The number of imidazole rings is 1. The standard InChI is InChI=1S/C38H38Cl2F3N4OS/c1-38(2,25-7-14-32(39)35(17-25)48-4)36-20-44-37(46(36)30-12-10-27(42)11-13-30)49-23-31-33(40)18-29(19-34(31)43)45-28-15-16-47(3,22-28)21-24-5-8-26(41)9-6-24/h5-14,17-20,28,45H,15-16,21-23H2,1-4H3/q+1/t28-,47?/m0/s1. The van der Waals surface area contributed by atoms with Crippen LogP contribution in [0, 0.1) is 17.5 Å². The Morgan fingerprint density at radius 3 is 2.33 bits per heavy atom. The highest BCUT2D eigenvalue weighted by atomic mass is 35.5. The van der Waals surface area contributed by atoms with Gasteiger partial charge >= 0.3 is 0 Å². The molecule has 0 amide bonds. The Morgan fingerprint density at radius 1 is 0.959 bits per heavy atom. The van der Waals surface area contributed by atoms with E-state index in [1.165, 1.54) is 42.1 Å². The second-order valence-corrected chi connectivity index (χ2v) is 15.1. The van der Waals surface area contributed by atoms with Crippen molar-refractivity contribution >= 4 is 40.7 Å². The van der Waals surface area contributed by atoms with Gasteiger partial charge in [0.1, 0.15) is 29.7 Å². The molecule has 4 aromatic carbocycles. The third kappa shape index (κ3) is 7.75. The Bertz CT molecular complexity index is 1930. The van der Waals surface area contributed by atoms with Crippen LogP contribution in [0.15, 0.2) is 90.2 Å². The second-order valence-electron chi connectivity index (χ2n) is 13.4. The maximum atomic E-state index is 15.7. The molecule has 11 heteroatoms. The molecule has 1 aliphatic rings. The van der Waals surface area contributed by atoms with Crippen molar-refractivity contribution in [2.45, 2.75) is 49.2 Å². The van der Waals surface area contributed by atoms with Crippen molar-refractivity contribution in [3.8, 4) is 11.4 Å². The summed E-state index contributed by atoms with van der Waals surface area (Å²) in [4.78, 5) is 4.75. The van der Waals surface area contributed by atoms with Gasteiger partial charge in [0.2, 0.25) is 0 Å². The lowest BCUT2D eigenvalue weighted by molar-refractivity contribution is -0.911. The number of halogens is 5. The van der Waals surface area contributed by atoms with Crippen LogP contribution in [0.5, 0.6) is 5.75 Å². The molecule has 1 fully saturated rings. The summed E-state index contributed by atoms with van der Waals surface area (Å²) >= 11 is 14.4. The van der Waals surface area contributed by atoms with Gasteiger partial charge in [-0.05, 0) is 66.2 Å². The number of rotatable bonds is 11. The average Bonchev–Trinajstić information content (AvgIpc) is 3.66. The van der Waals surface area contributed by atoms with Crippen molar-refractivity contribution < 1.29 is 22.4 Å². The third-order valence-corrected chi connectivity index (χ3v) is 11.0. The molecule has 0 radical (unpaired) electrons. The average molecular weight is 727 g/mol. The Hall–Kier alpha value is -3.63. The van der Waals surface area contributed by atoms with Crippen molar-refractivity contribution in [3.05, 3.63) is 135 Å². The molecule has 2 atom stereocenters. The molecule has 0 aliphatic carbocycles. The predicted molar refractivity (Wildman–Crippen MR) is 193 cm³/mol. The first-order valence-corrected chi connectivity index (χ1v) is 17.7. The van der Waals surface area contributed by atoms with Crippen LogP contribution in [0.25, 0.3) is 5.69 Å². The van der Waals surface area contributed by atoms with E-state index in [0.29, 0.717) is 32.2 Å². The predicted octanol–water partition coefficient (Wildman–Crippen LogP) is 10.1. The fraction of sp³-hybridized carbons (Fsp3) is 0.289. The molecule has 1 aliphatic heterocycles. The highest BCUT2D eigenvalue weighted by molar-refractivity contribution is 7.98. The van der Waals surface area contributed by atoms with E-state index in [1.54, 1.807) is 37.6 Å². The minimum Gasteiger partial charge on any atom is -0.495 e. The zero-order chi connectivity index (χ0) is 34.9. The van der Waals surface area contributed by atoms with E-state index in [-0.39, 0.29) is 23.4 Å². The number of likely N-dealkylation sites (N-methyl/N-ethyl adjacent to an activating group) is 1. The molecule has 1 saturated heterocycles. The monoisotopic (exact) mass is 725 g/mol. The normalized spacial score (nSPS) is 17.8. The van der Waals surface area contributed by atoms with Crippen LogP contribution in [-0.2, 0) is 17.7 Å². The fourth-order valence-corrected chi connectivity index (χ4v) is 8.16. The quantitative estimate of drug-likeness (QED) is 0.109. The number of thioether (sulfide) groups is 1. The van der Waals surface area contributed by atoms with Gasteiger partial charge in [-0.1, -0.05) is 67.0 Å². The molecule has 5 aromatic rings. The molecule has 256 valence electrons. The van der Waals surface area contributed by atoms with Gasteiger partial charge in [0.05, 0.1) is 50.2 Å². The van der Waals surface area contributed by atoms with Crippen LogP contribution in [0.1, 0.15) is 42.7 Å². The van der Waals surface area contributed by atoms with Crippen LogP contribution >= 0.6 is 35.0 Å². The highest BCUT2D eigenvalue weighted by Gasteiger charge is 2.35. The van der Waals surface area contributed by atoms with E-state index in [4.69, 9.17) is 32.9 Å². The largest absolute Gasteiger partial charge is 0.495 e. The highest BCUT2D eigenvalue weighted by Crippen LogP contribution is 2.40. The number of aromatic nitrogens is 2. The van der Waals surface area contributed by atoms with Crippen molar-refractivity contribution in [1.82, 2.24) is 9.55 Å². The Morgan fingerprint density at radius 2 is 1.65 bits per heavy atom. The number of methoxy groups -OCH3 is 1. The first-order chi connectivity index (χ1) is 23.3. The van der Waals surface area contributed by atoms with E-state index in [0.717, 1.165) is 53.0 Å². The lowest BCUT2D eigenvalue weighted by atomic mass is 9.81. The molecular weight excluding hydrogens is 688 g/mol. The summed E-state index contributed by atoms with van der Waals surface area (Å²) in [5.41, 5.74) is 4.03. The van der Waals surface area contributed by atoms with Crippen molar-refractivity contribution in [3.63, 3.8) is 0 Å². The van der Waals surface area contributed by atoms with Gasteiger partial charge in [-0.2, -0.15) is 0 Å². The lowest BCUT2D eigenvalue weighted by Crippen LogP contribution is -2.42. The lowest BCUT2D eigenvalue weighted by Gasteiger charge is -2.30. The minimum absolute atomic E-state index is 0.145. The Labute approximate surface area is 299 Å². The number of nitrogens with zero attached hydrogens (tertiary/aromatic N) is 3. The van der Waals surface area contributed by atoms with Crippen molar-refractivity contribution in [2.75, 3.05) is 32.6 Å². The van der Waals surface area contributed by atoms with Gasteiger partial charge in [0.15, 0.2) is 5.16 Å². The molecule has 0 bridgehead atoms. The molecule has 5 nitrogen and oxygen atoms in total. The molecule has 6 rings (SSSR count). The zero-order valence-electron chi connectivity index (χ0n) is 27.7. The molecule has 0 saturated carbocycles. The van der Waals surface area contributed by atoms with Gasteiger partial charge in [0, 0.05) is 45.1 Å². The van der Waals surface area contributed by atoms with E-state index >= 15 is 4.39 Å². The molecular formula is C38H38Cl2F3N4OS+. The fourth-order valence-electron chi connectivity index (χ4n) is 6.58. The van der Waals surface area contributed by atoms with Gasteiger partial charge in [0.25, 0.3) is 0 Å². The maximum Gasteiger partial charge on any atom is 0.173 e. The first-order valence-electron chi connectivity index (χ1n) is 16.0. The number of nitrogens with one attached hydrogen (secondary N) is 1. The molecule has 2 heterocycles. The van der Waals surface area contributed by atoms with Crippen LogP contribution in [0.4, 0.5) is 18.9 Å². The van der Waals surface area contributed by atoms with Crippen LogP contribution in [-0.4, -0.2) is 47.3 Å². The van der Waals surface area contributed by atoms with E-state index < -0.39 is 11.2 Å². The maximum absolute atomic E-state index is 15.7. The smallest absolute Gasteiger partial charge is 0.173 e. The molecule has 0 spiro atoms. The van der Waals surface area contributed by atoms with Gasteiger partial charge in [-0.15, -0.1) is 0 Å². The SMILES string of the molecule is COc1cc(C(C)(C)c2cnc(SCc3c(F)cc(N[C@H]4CC[N+](C)(Cc5ccc(F)cc5)C4)cc3Cl)n2-c2ccc(F)cc2)ccc1Cl. The molecule has 1 aromatic heterocycles. The number of anilines is 1. The number of benzene rings is 4. The summed E-state index contributed by atoms with van der Waals surface area (Å²) in [6, 6.07) is 21.9. The summed E-state index contributed by atoms with van der Waals surface area (Å²) in [6.07, 6.45) is 2.71. The van der Waals surface area contributed by atoms with Crippen molar-refractivity contribution in [2.24, 2.45) is 0 Å². The summed E-state index contributed by atoms with van der Waals surface area (Å²) in [5.74, 6) is -0.205. The zero-order valence-corrected chi connectivity index (χ0v) is 30.1. The summed E-state index contributed by atoms with van der Waals surface area (Å²) in [6.45, 7) is 6.73. The Kier molecular flexibility index (Phi) is 10.3. The summed E-state index contributed by atoms with van der Waals surface area (Å²) < 4.78 is 51.3. The summed E-state index contributed by atoms with van der Waals surface area (Å²) in [7, 11) is 3.76. The third-order valence-electron chi connectivity index (χ3n) is 9.34. The minimum atomic E-state index is -0.567. The topological polar surface area (TPSA) is 39.1 Å². The van der Waals surface area contributed by atoms with Crippen LogP contribution in [0.3, 0.4) is 0 Å². The Balaban J connectivity index is 1.21. The van der Waals surface area contributed by atoms with Gasteiger partial charge in [-0.25, -0.2) is 18.2 Å². The number of hydrogen-bond acceptors (Lipinski definition) is 4. The first kappa shape index (κ1) is 35.2. The van der Waals surface area contributed by atoms with E-state index in [2.05, 4.69) is 26.2 Å². The number of quaternary nitrogens is 1.